The van der Waals surface area contributed by atoms with E-state index in [0.29, 0.717) is 6.54 Å². The number of amides is 1. The Morgan fingerprint density at radius 3 is 2.68 bits per heavy atom. The van der Waals surface area contributed by atoms with Gasteiger partial charge in [0.05, 0.1) is 5.69 Å². The van der Waals surface area contributed by atoms with Gasteiger partial charge in [-0.25, -0.2) is 0 Å². The quantitative estimate of drug-likeness (QED) is 0.843. The third kappa shape index (κ3) is 3.71. The van der Waals surface area contributed by atoms with Crippen LogP contribution < -0.4 is 0 Å². The van der Waals surface area contributed by atoms with Crippen LogP contribution >= 0.6 is 0 Å². The molecule has 22 heavy (non-hydrogen) atoms. The average Bonchev–Trinajstić information content (AvgIpc) is 2.94. The van der Waals surface area contributed by atoms with E-state index >= 15 is 0 Å². The van der Waals surface area contributed by atoms with Crippen molar-refractivity contribution in [2.24, 2.45) is 0 Å². The normalized spacial score (nSPS) is 16.0. The van der Waals surface area contributed by atoms with Crippen molar-refractivity contribution in [2.45, 2.75) is 20.0 Å². The van der Waals surface area contributed by atoms with E-state index in [4.69, 9.17) is 0 Å². The lowest BCUT2D eigenvalue weighted by Crippen LogP contribution is -2.49. The van der Waals surface area contributed by atoms with Crippen LogP contribution in [-0.2, 0) is 17.9 Å². The summed E-state index contributed by atoms with van der Waals surface area (Å²) < 4.78 is 1.71. The number of aryl methyl sites for hydroxylation is 1. The molecule has 2 aromatic heterocycles. The SMILES string of the molecule is Cc1ccn(CC(=O)N2CCN(Cc3cccnc3)CC2)n1. The lowest BCUT2D eigenvalue weighted by molar-refractivity contribution is -0.133. The Labute approximate surface area is 130 Å². The fraction of sp³-hybridized carbons (Fsp3) is 0.438. The van der Waals surface area contributed by atoms with Crippen LogP contribution in [0.2, 0.25) is 0 Å². The van der Waals surface area contributed by atoms with Crippen LogP contribution in [0.25, 0.3) is 0 Å². The minimum Gasteiger partial charge on any atom is -0.339 e. The van der Waals surface area contributed by atoms with Crippen molar-refractivity contribution in [2.75, 3.05) is 26.2 Å². The molecule has 1 saturated heterocycles. The highest BCUT2D eigenvalue weighted by atomic mass is 16.2. The third-order valence-corrected chi connectivity index (χ3v) is 3.93. The standard InChI is InChI=1S/C16H21N5O/c1-14-4-6-21(18-14)13-16(22)20-9-7-19(8-10-20)12-15-3-2-5-17-11-15/h2-6,11H,7-10,12-13H2,1H3. The van der Waals surface area contributed by atoms with Gasteiger partial charge in [-0.1, -0.05) is 6.07 Å². The molecule has 1 amide bonds. The van der Waals surface area contributed by atoms with Gasteiger partial charge >= 0.3 is 0 Å². The number of hydrogen-bond donors (Lipinski definition) is 0. The number of carbonyl (C=O) groups is 1. The molecular formula is C16H21N5O. The van der Waals surface area contributed by atoms with E-state index in [9.17, 15) is 4.79 Å². The van der Waals surface area contributed by atoms with E-state index in [1.807, 2.05) is 36.4 Å². The van der Waals surface area contributed by atoms with Crippen LogP contribution in [0.1, 0.15) is 11.3 Å². The second kappa shape index (κ2) is 6.70. The Morgan fingerprint density at radius 2 is 2.05 bits per heavy atom. The van der Waals surface area contributed by atoms with Gasteiger partial charge in [-0.15, -0.1) is 0 Å². The topological polar surface area (TPSA) is 54.3 Å². The molecule has 0 spiro atoms. The molecule has 0 N–H and O–H groups in total. The molecule has 3 rings (SSSR count). The molecule has 6 nitrogen and oxygen atoms in total. The summed E-state index contributed by atoms with van der Waals surface area (Å²) in [6.45, 7) is 6.51. The maximum Gasteiger partial charge on any atom is 0.244 e. The van der Waals surface area contributed by atoms with Gasteiger partial charge in [0.25, 0.3) is 0 Å². The minimum atomic E-state index is 0.143. The van der Waals surface area contributed by atoms with Crippen LogP contribution in [-0.4, -0.2) is 56.7 Å². The summed E-state index contributed by atoms with van der Waals surface area (Å²) in [5, 5.41) is 4.27. The third-order valence-electron chi connectivity index (χ3n) is 3.93. The van der Waals surface area contributed by atoms with Crippen LogP contribution in [0.3, 0.4) is 0 Å². The molecule has 0 bridgehead atoms. The maximum absolute atomic E-state index is 12.3. The molecule has 1 aliphatic rings. The van der Waals surface area contributed by atoms with Crippen molar-refractivity contribution in [3.8, 4) is 0 Å². The van der Waals surface area contributed by atoms with Crippen molar-refractivity contribution < 1.29 is 4.79 Å². The predicted molar refractivity (Wildman–Crippen MR) is 83.1 cm³/mol. The summed E-state index contributed by atoms with van der Waals surface area (Å²) in [7, 11) is 0. The monoisotopic (exact) mass is 299 g/mol. The van der Waals surface area contributed by atoms with E-state index in [-0.39, 0.29) is 5.91 Å². The molecule has 0 unspecified atom stereocenters. The number of aromatic nitrogens is 3. The first kappa shape index (κ1) is 14.7. The van der Waals surface area contributed by atoms with E-state index in [2.05, 4.69) is 21.0 Å². The van der Waals surface area contributed by atoms with E-state index in [1.165, 1.54) is 5.56 Å². The van der Waals surface area contributed by atoms with Gasteiger partial charge in [0.2, 0.25) is 5.91 Å². The molecule has 3 heterocycles. The smallest absolute Gasteiger partial charge is 0.244 e. The zero-order valence-electron chi connectivity index (χ0n) is 12.9. The summed E-state index contributed by atoms with van der Waals surface area (Å²) >= 11 is 0. The fourth-order valence-corrected chi connectivity index (χ4v) is 2.70. The largest absolute Gasteiger partial charge is 0.339 e. The van der Waals surface area contributed by atoms with Crippen LogP contribution in [0.4, 0.5) is 0 Å². The summed E-state index contributed by atoms with van der Waals surface area (Å²) in [6.07, 6.45) is 5.54. The van der Waals surface area contributed by atoms with Gasteiger partial charge in [0.15, 0.2) is 0 Å². The molecule has 0 aromatic carbocycles. The minimum absolute atomic E-state index is 0.143. The van der Waals surface area contributed by atoms with E-state index in [0.717, 1.165) is 38.4 Å². The highest BCUT2D eigenvalue weighted by molar-refractivity contribution is 5.76. The number of carbonyl (C=O) groups excluding carboxylic acids is 1. The van der Waals surface area contributed by atoms with Gasteiger partial charge in [0, 0.05) is 51.3 Å². The molecule has 6 heteroatoms. The highest BCUT2D eigenvalue weighted by Gasteiger charge is 2.21. The highest BCUT2D eigenvalue weighted by Crippen LogP contribution is 2.08. The molecule has 1 aliphatic heterocycles. The first-order valence-corrected chi connectivity index (χ1v) is 7.60. The number of rotatable bonds is 4. The Hall–Kier alpha value is -2.21. The molecule has 0 aliphatic carbocycles. The Bertz CT molecular complexity index is 616. The van der Waals surface area contributed by atoms with Gasteiger partial charge in [0.1, 0.15) is 6.54 Å². The second-order valence-corrected chi connectivity index (χ2v) is 5.67. The average molecular weight is 299 g/mol. The van der Waals surface area contributed by atoms with Crippen LogP contribution in [0.15, 0.2) is 36.8 Å². The molecule has 116 valence electrons. The second-order valence-electron chi connectivity index (χ2n) is 5.67. The lowest BCUT2D eigenvalue weighted by Gasteiger charge is -2.34. The molecule has 0 atom stereocenters. The predicted octanol–water partition coefficient (Wildman–Crippen LogP) is 0.931. The zero-order chi connectivity index (χ0) is 15.4. The van der Waals surface area contributed by atoms with Crippen molar-refractivity contribution in [3.63, 3.8) is 0 Å². The van der Waals surface area contributed by atoms with E-state index < -0.39 is 0 Å². The first-order valence-electron chi connectivity index (χ1n) is 7.60. The van der Waals surface area contributed by atoms with Crippen molar-refractivity contribution in [3.05, 3.63) is 48.0 Å². The van der Waals surface area contributed by atoms with Crippen molar-refractivity contribution in [1.29, 1.82) is 0 Å². The van der Waals surface area contributed by atoms with Crippen molar-refractivity contribution >= 4 is 5.91 Å². The van der Waals surface area contributed by atoms with Gasteiger partial charge < -0.3 is 4.90 Å². The number of hydrogen-bond acceptors (Lipinski definition) is 4. The first-order chi connectivity index (χ1) is 10.7. The van der Waals surface area contributed by atoms with Gasteiger partial charge in [-0.3, -0.25) is 19.4 Å². The Kier molecular flexibility index (Phi) is 4.48. The maximum atomic E-state index is 12.3. The van der Waals surface area contributed by atoms with Crippen LogP contribution in [0, 0.1) is 6.92 Å². The summed E-state index contributed by atoms with van der Waals surface area (Å²) in [5.41, 5.74) is 2.16. The number of nitrogens with zero attached hydrogens (tertiary/aromatic N) is 5. The lowest BCUT2D eigenvalue weighted by atomic mass is 10.2. The fourth-order valence-electron chi connectivity index (χ4n) is 2.70. The molecule has 2 aromatic rings. The van der Waals surface area contributed by atoms with E-state index in [1.54, 1.807) is 10.9 Å². The summed E-state index contributed by atoms with van der Waals surface area (Å²) in [4.78, 5) is 20.7. The number of pyridine rings is 1. The summed E-state index contributed by atoms with van der Waals surface area (Å²) in [6, 6.07) is 5.96. The Balaban J connectivity index is 1.48. The molecule has 0 radical (unpaired) electrons. The Morgan fingerprint density at radius 1 is 1.23 bits per heavy atom. The summed E-state index contributed by atoms with van der Waals surface area (Å²) in [5.74, 6) is 0.143. The van der Waals surface area contributed by atoms with Gasteiger partial charge in [-0.05, 0) is 24.6 Å². The number of piperazine rings is 1. The molecule has 0 saturated carbocycles. The van der Waals surface area contributed by atoms with Crippen LogP contribution in [0.5, 0.6) is 0 Å². The van der Waals surface area contributed by atoms with Crippen molar-refractivity contribution in [1.82, 2.24) is 24.6 Å². The zero-order valence-corrected chi connectivity index (χ0v) is 12.9. The van der Waals surface area contributed by atoms with Gasteiger partial charge in [-0.2, -0.15) is 5.10 Å². The molecular weight excluding hydrogens is 278 g/mol. The molecule has 1 fully saturated rings.